The van der Waals surface area contributed by atoms with Crippen LogP contribution in [0.1, 0.15) is 40.4 Å². The van der Waals surface area contributed by atoms with E-state index in [0.717, 1.165) is 4.68 Å². The number of hydrogen-bond acceptors (Lipinski definition) is 4. The molecule has 0 saturated carbocycles. The summed E-state index contributed by atoms with van der Waals surface area (Å²) < 4.78 is 41.9. The Morgan fingerprint density at radius 2 is 2.20 bits per heavy atom. The smallest absolute Gasteiger partial charge is 0.256 e. The fraction of sp³-hybridized carbons (Fsp3) is 0.412. The third-order valence-corrected chi connectivity index (χ3v) is 4.91. The van der Waals surface area contributed by atoms with Crippen molar-refractivity contribution in [2.24, 2.45) is 0 Å². The van der Waals surface area contributed by atoms with E-state index in [2.05, 4.69) is 10.4 Å². The van der Waals surface area contributed by atoms with Gasteiger partial charge in [-0.3, -0.25) is 4.79 Å². The number of nitrogens with one attached hydrogen (secondary N) is 1. The van der Waals surface area contributed by atoms with Crippen LogP contribution in [-0.2, 0) is 12.8 Å². The average Bonchev–Trinajstić information content (AvgIpc) is 2.89. The Morgan fingerprint density at radius 1 is 1.40 bits per heavy atom. The van der Waals surface area contributed by atoms with Gasteiger partial charge in [-0.15, -0.1) is 0 Å². The van der Waals surface area contributed by atoms with Crippen molar-refractivity contribution < 1.29 is 18.0 Å². The molecule has 2 aliphatic rings. The molecule has 5 nitrogen and oxygen atoms in total. The predicted octanol–water partition coefficient (Wildman–Crippen LogP) is 2.97. The molecule has 3 N–H and O–H groups in total. The van der Waals surface area contributed by atoms with E-state index in [9.17, 15) is 18.0 Å². The molecule has 0 amide bonds. The molecule has 8 heteroatoms. The summed E-state index contributed by atoms with van der Waals surface area (Å²) in [6.45, 7) is 0.550. The van der Waals surface area contributed by atoms with E-state index >= 15 is 0 Å². The standard InChI is InChI=1S/C17H17F3N4O/c18-9-1-2-13-11(7-9)10(4-6-22-13)16(25)24-15(21)12-8-17(19,20)5-3-14(12)23-24/h1-2,7,10,22H,3-6,8,21H2. The first-order valence-corrected chi connectivity index (χ1v) is 8.17. The summed E-state index contributed by atoms with van der Waals surface area (Å²) in [6, 6.07) is 4.22. The highest BCUT2D eigenvalue weighted by Gasteiger charge is 2.39. The lowest BCUT2D eigenvalue weighted by Gasteiger charge is -2.25. The zero-order chi connectivity index (χ0) is 17.8. The summed E-state index contributed by atoms with van der Waals surface area (Å²) in [4.78, 5) is 13.0. The molecule has 0 saturated heterocycles. The molecule has 25 heavy (non-hydrogen) atoms. The summed E-state index contributed by atoms with van der Waals surface area (Å²) >= 11 is 0. The van der Waals surface area contributed by atoms with Crippen molar-refractivity contribution in [1.82, 2.24) is 9.78 Å². The van der Waals surface area contributed by atoms with Gasteiger partial charge in [0.05, 0.1) is 11.6 Å². The minimum absolute atomic E-state index is 0.0316. The van der Waals surface area contributed by atoms with Crippen LogP contribution in [0.15, 0.2) is 18.2 Å². The van der Waals surface area contributed by atoms with Gasteiger partial charge in [-0.05, 0) is 36.6 Å². The number of carbonyl (C=O) groups is 1. The summed E-state index contributed by atoms with van der Waals surface area (Å²) in [6.07, 6.45) is -0.259. The van der Waals surface area contributed by atoms with Gasteiger partial charge in [-0.1, -0.05) is 0 Å². The minimum Gasteiger partial charge on any atom is -0.385 e. The zero-order valence-electron chi connectivity index (χ0n) is 13.4. The summed E-state index contributed by atoms with van der Waals surface area (Å²) in [5, 5.41) is 7.30. The number of fused-ring (bicyclic) bond motifs is 2. The Kier molecular flexibility index (Phi) is 3.52. The van der Waals surface area contributed by atoms with Crippen LogP contribution in [0.5, 0.6) is 0 Å². The van der Waals surface area contributed by atoms with Gasteiger partial charge in [0.25, 0.3) is 11.8 Å². The molecule has 2 heterocycles. The highest BCUT2D eigenvalue weighted by Crippen LogP contribution is 2.37. The maximum atomic E-state index is 13.6. The highest BCUT2D eigenvalue weighted by atomic mass is 19.3. The minimum atomic E-state index is -2.83. The molecule has 1 aliphatic heterocycles. The Labute approximate surface area is 142 Å². The molecule has 0 radical (unpaired) electrons. The topological polar surface area (TPSA) is 72.9 Å². The van der Waals surface area contributed by atoms with Crippen molar-refractivity contribution in [3.8, 4) is 0 Å². The van der Waals surface area contributed by atoms with Crippen LogP contribution >= 0.6 is 0 Å². The van der Waals surface area contributed by atoms with Crippen molar-refractivity contribution in [2.75, 3.05) is 17.6 Å². The second-order valence-corrected chi connectivity index (χ2v) is 6.59. The second kappa shape index (κ2) is 5.50. The first-order valence-electron chi connectivity index (χ1n) is 8.17. The van der Waals surface area contributed by atoms with Crippen LogP contribution in [0.3, 0.4) is 0 Å². The first-order chi connectivity index (χ1) is 11.9. The van der Waals surface area contributed by atoms with Crippen LogP contribution in [0.25, 0.3) is 0 Å². The maximum absolute atomic E-state index is 13.6. The Morgan fingerprint density at radius 3 is 3.00 bits per heavy atom. The molecule has 0 fully saturated rings. The lowest BCUT2D eigenvalue weighted by Crippen LogP contribution is -2.28. The van der Waals surface area contributed by atoms with E-state index in [4.69, 9.17) is 5.73 Å². The third-order valence-electron chi connectivity index (χ3n) is 4.91. The number of aryl methyl sites for hydroxylation is 1. The summed E-state index contributed by atoms with van der Waals surface area (Å²) in [7, 11) is 0. The van der Waals surface area contributed by atoms with Crippen LogP contribution < -0.4 is 11.1 Å². The van der Waals surface area contributed by atoms with Gasteiger partial charge < -0.3 is 11.1 Å². The van der Waals surface area contributed by atoms with E-state index in [1.54, 1.807) is 6.07 Å². The first kappa shape index (κ1) is 16.0. The number of benzene rings is 1. The van der Waals surface area contributed by atoms with E-state index < -0.39 is 30.0 Å². The highest BCUT2D eigenvalue weighted by molar-refractivity contribution is 5.90. The predicted molar refractivity (Wildman–Crippen MR) is 86.5 cm³/mol. The lowest BCUT2D eigenvalue weighted by molar-refractivity contribution is -0.0123. The average molecular weight is 350 g/mol. The molecular formula is C17H17F3N4O. The number of hydrogen-bond donors (Lipinski definition) is 2. The van der Waals surface area contributed by atoms with Gasteiger partial charge in [0.15, 0.2) is 0 Å². The fourth-order valence-corrected chi connectivity index (χ4v) is 3.61. The molecular weight excluding hydrogens is 333 g/mol. The molecule has 132 valence electrons. The number of carbonyl (C=O) groups excluding carboxylic acids is 1. The molecule has 1 atom stereocenters. The molecule has 2 aromatic rings. The van der Waals surface area contributed by atoms with Gasteiger partial charge in [0, 0.05) is 30.6 Å². The number of nitrogens with zero attached hydrogens (tertiary/aromatic N) is 2. The van der Waals surface area contributed by atoms with Gasteiger partial charge in [0.2, 0.25) is 0 Å². The quantitative estimate of drug-likeness (QED) is 0.829. The van der Waals surface area contributed by atoms with Crippen LogP contribution in [0, 0.1) is 5.82 Å². The van der Waals surface area contributed by atoms with Crippen molar-refractivity contribution in [3.63, 3.8) is 0 Å². The van der Waals surface area contributed by atoms with E-state index in [1.165, 1.54) is 12.1 Å². The Bertz CT molecular complexity index is 862. The van der Waals surface area contributed by atoms with Gasteiger partial charge in [-0.2, -0.15) is 9.78 Å². The molecule has 1 aliphatic carbocycles. The van der Waals surface area contributed by atoms with Crippen LogP contribution in [0.4, 0.5) is 24.7 Å². The number of aromatic nitrogens is 2. The number of nitrogens with two attached hydrogens (primary N) is 1. The molecule has 0 spiro atoms. The number of anilines is 2. The van der Waals surface area contributed by atoms with Crippen molar-refractivity contribution in [2.45, 2.75) is 37.5 Å². The van der Waals surface area contributed by atoms with Crippen molar-refractivity contribution in [3.05, 3.63) is 40.8 Å². The molecule has 4 rings (SSSR count). The Balaban J connectivity index is 1.72. The molecule has 1 unspecified atom stereocenters. The number of alkyl halides is 2. The molecule has 1 aromatic carbocycles. The summed E-state index contributed by atoms with van der Waals surface area (Å²) in [5.41, 5.74) is 7.88. The van der Waals surface area contributed by atoms with Gasteiger partial charge >= 0.3 is 0 Å². The monoisotopic (exact) mass is 350 g/mol. The zero-order valence-corrected chi connectivity index (χ0v) is 13.4. The number of rotatable bonds is 1. The van der Waals surface area contributed by atoms with Gasteiger partial charge in [-0.25, -0.2) is 13.2 Å². The number of halogens is 3. The largest absolute Gasteiger partial charge is 0.385 e. The third kappa shape index (κ3) is 2.65. The van der Waals surface area contributed by atoms with E-state index in [0.29, 0.717) is 29.9 Å². The van der Waals surface area contributed by atoms with Crippen LogP contribution in [0.2, 0.25) is 0 Å². The van der Waals surface area contributed by atoms with Crippen LogP contribution in [-0.4, -0.2) is 28.2 Å². The Hall–Kier alpha value is -2.51. The molecule has 0 bridgehead atoms. The van der Waals surface area contributed by atoms with Gasteiger partial charge in [0.1, 0.15) is 11.6 Å². The fourth-order valence-electron chi connectivity index (χ4n) is 3.61. The summed E-state index contributed by atoms with van der Waals surface area (Å²) in [5.74, 6) is -4.33. The normalized spacial score (nSPS) is 21.2. The molecule has 1 aromatic heterocycles. The number of nitrogen functional groups attached to an aromatic ring is 1. The maximum Gasteiger partial charge on any atom is 0.256 e. The van der Waals surface area contributed by atoms with Crippen molar-refractivity contribution >= 4 is 17.4 Å². The van der Waals surface area contributed by atoms with E-state index in [1.807, 2.05) is 0 Å². The second-order valence-electron chi connectivity index (χ2n) is 6.59. The van der Waals surface area contributed by atoms with E-state index in [-0.39, 0.29) is 24.2 Å². The SMILES string of the molecule is Nc1c2c(nn1C(=O)C1CCNc3ccc(F)cc31)CCC(F)(F)C2. The van der Waals surface area contributed by atoms with Crippen molar-refractivity contribution in [1.29, 1.82) is 0 Å². The lowest BCUT2D eigenvalue weighted by atomic mass is 9.90.